The van der Waals surface area contributed by atoms with Gasteiger partial charge in [0.1, 0.15) is 0 Å². The van der Waals surface area contributed by atoms with Crippen LogP contribution in [0.2, 0.25) is 0 Å². The summed E-state index contributed by atoms with van der Waals surface area (Å²) in [7, 11) is 0. The quantitative estimate of drug-likeness (QED) is 0.387. The molecule has 0 heterocycles. The van der Waals surface area contributed by atoms with Crippen LogP contribution >= 0.6 is 11.8 Å². The summed E-state index contributed by atoms with van der Waals surface area (Å²) in [6.07, 6.45) is 0. The first-order valence-corrected chi connectivity index (χ1v) is 4.47. The molecular weight excluding hydrogens is 156 g/mol. The zero-order chi connectivity index (χ0) is 7.94. The maximum absolute atomic E-state index is 5.09. The average molecular weight is 167 g/mol. The van der Waals surface area contributed by atoms with Crippen molar-refractivity contribution in [1.82, 2.24) is 0 Å². The van der Waals surface area contributed by atoms with Gasteiger partial charge in [-0.25, -0.2) is 0 Å². The Hall–Kier alpha value is -0.470. The summed E-state index contributed by atoms with van der Waals surface area (Å²) in [5.41, 5.74) is 0. The maximum Gasteiger partial charge on any atom is 0.0966 e. The molecule has 0 unspecified atom stereocenters. The lowest BCUT2D eigenvalue weighted by molar-refractivity contribution is 0.215. The summed E-state index contributed by atoms with van der Waals surface area (Å²) in [5, 5.41) is 0. The molecule has 1 radical (unpaired) electrons. The first-order valence-electron chi connectivity index (χ1n) is 3.48. The lowest BCUT2D eigenvalue weighted by Crippen LogP contribution is -1.87. The molecule has 0 N–H and O–H groups in total. The molecule has 0 bridgehead atoms. The van der Waals surface area contributed by atoms with Gasteiger partial charge >= 0.3 is 0 Å². The highest BCUT2D eigenvalue weighted by Gasteiger charge is 1.89. The number of rotatable bonds is 4. The van der Waals surface area contributed by atoms with E-state index in [1.54, 1.807) is 11.8 Å². The van der Waals surface area contributed by atoms with Crippen molar-refractivity contribution < 1.29 is 4.74 Å². The fourth-order valence-corrected chi connectivity index (χ4v) is 1.37. The van der Waals surface area contributed by atoms with Crippen molar-refractivity contribution in [3.8, 4) is 0 Å². The van der Waals surface area contributed by atoms with Crippen LogP contribution in [0.25, 0.3) is 0 Å². The smallest absolute Gasteiger partial charge is 0.0966 e. The summed E-state index contributed by atoms with van der Waals surface area (Å²) in [5.74, 6) is 0.688. The molecule has 2 heteroatoms. The molecule has 0 saturated carbocycles. The lowest BCUT2D eigenvalue weighted by Gasteiger charge is -1.99. The third kappa shape index (κ3) is 3.44. The summed E-state index contributed by atoms with van der Waals surface area (Å²) in [4.78, 5) is 1.24. The Labute approximate surface area is 71.8 Å². The number of hydrogen-bond acceptors (Lipinski definition) is 2. The van der Waals surface area contributed by atoms with Crippen molar-refractivity contribution in [3.05, 3.63) is 37.3 Å². The van der Waals surface area contributed by atoms with Gasteiger partial charge in [-0.05, 0) is 19.1 Å². The van der Waals surface area contributed by atoms with E-state index in [2.05, 4.69) is 19.1 Å². The van der Waals surface area contributed by atoms with Gasteiger partial charge in [-0.3, -0.25) is 0 Å². The van der Waals surface area contributed by atoms with E-state index in [1.807, 2.05) is 18.2 Å². The Morgan fingerprint density at radius 2 is 2.00 bits per heavy atom. The molecule has 11 heavy (non-hydrogen) atoms. The normalized spacial score (nSPS) is 9.91. The molecule has 0 aliphatic heterocycles. The second-order valence-electron chi connectivity index (χ2n) is 1.98. The van der Waals surface area contributed by atoms with Gasteiger partial charge in [0.2, 0.25) is 0 Å². The van der Waals surface area contributed by atoms with Gasteiger partial charge in [-0.15, -0.1) is 0 Å². The van der Waals surface area contributed by atoms with E-state index in [1.165, 1.54) is 4.90 Å². The largest absolute Gasteiger partial charge is 0.370 e. The number of thioether (sulfide) groups is 1. The van der Waals surface area contributed by atoms with E-state index < -0.39 is 0 Å². The minimum atomic E-state index is 0.542. The van der Waals surface area contributed by atoms with Crippen LogP contribution in [0.3, 0.4) is 0 Å². The van der Waals surface area contributed by atoms with Crippen LogP contribution in [-0.4, -0.2) is 12.5 Å². The van der Waals surface area contributed by atoms with Crippen molar-refractivity contribution in [3.63, 3.8) is 0 Å². The van der Waals surface area contributed by atoms with Crippen molar-refractivity contribution in [1.29, 1.82) is 0 Å². The molecule has 1 nitrogen and oxygen atoms in total. The van der Waals surface area contributed by atoms with Crippen LogP contribution in [0.5, 0.6) is 0 Å². The molecule has 0 spiro atoms. The molecular formula is C9H11OS. The van der Waals surface area contributed by atoms with Crippen LogP contribution in [-0.2, 0) is 4.74 Å². The number of hydrogen-bond donors (Lipinski definition) is 0. The van der Waals surface area contributed by atoms with Crippen LogP contribution in [0.4, 0.5) is 0 Å². The first-order chi connectivity index (χ1) is 5.43. The van der Waals surface area contributed by atoms with E-state index in [9.17, 15) is 0 Å². The maximum atomic E-state index is 5.09. The van der Waals surface area contributed by atoms with Crippen LogP contribution in [0.1, 0.15) is 0 Å². The van der Waals surface area contributed by atoms with Crippen molar-refractivity contribution >= 4 is 11.8 Å². The van der Waals surface area contributed by atoms with Gasteiger partial charge < -0.3 is 4.74 Å². The molecule has 0 amide bonds. The fourth-order valence-electron chi connectivity index (χ4n) is 0.685. The second kappa shape index (κ2) is 5.22. The third-order valence-electron chi connectivity index (χ3n) is 1.20. The number of benzene rings is 1. The van der Waals surface area contributed by atoms with Gasteiger partial charge in [0.05, 0.1) is 5.94 Å². The topological polar surface area (TPSA) is 9.23 Å². The Morgan fingerprint density at radius 3 is 2.64 bits per heavy atom. The van der Waals surface area contributed by atoms with Crippen molar-refractivity contribution in [2.24, 2.45) is 0 Å². The highest BCUT2D eigenvalue weighted by Crippen LogP contribution is 2.16. The Kier molecular flexibility index (Phi) is 4.09. The minimum Gasteiger partial charge on any atom is -0.370 e. The molecule has 59 valence electrons. The van der Waals surface area contributed by atoms with Crippen molar-refractivity contribution in [2.45, 2.75) is 4.90 Å². The van der Waals surface area contributed by atoms with Crippen LogP contribution in [0.15, 0.2) is 35.2 Å². The minimum absolute atomic E-state index is 0.542. The summed E-state index contributed by atoms with van der Waals surface area (Å²) < 4.78 is 5.09. The van der Waals surface area contributed by atoms with Gasteiger partial charge in [-0.1, -0.05) is 30.0 Å². The highest BCUT2D eigenvalue weighted by atomic mass is 32.2. The Bertz CT molecular complexity index is 186. The molecule has 0 fully saturated rings. The predicted molar refractivity (Wildman–Crippen MR) is 48.5 cm³/mol. The Balaban J connectivity index is 2.28. The SMILES string of the molecule is [CH2]COCSc1ccccc1. The summed E-state index contributed by atoms with van der Waals surface area (Å²) >= 11 is 1.68. The van der Waals surface area contributed by atoms with E-state index in [-0.39, 0.29) is 0 Å². The molecule has 1 rings (SSSR count). The monoisotopic (exact) mass is 167 g/mol. The first kappa shape index (κ1) is 8.62. The van der Waals surface area contributed by atoms with Gasteiger partial charge in [0, 0.05) is 11.5 Å². The van der Waals surface area contributed by atoms with Gasteiger partial charge in [0.25, 0.3) is 0 Å². The summed E-state index contributed by atoms with van der Waals surface area (Å²) in [6.45, 7) is 4.12. The van der Waals surface area contributed by atoms with Gasteiger partial charge in [-0.2, -0.15) is 0 Å². The molecule has 0 aromatic heterocycles. The predicted octanol–water partition coefficient (Wildman–Crippen LogP) is 2.59. The number of ether oxygens (including phenoxy) is 1. The van der Waals surface area contributed by atoms with Gasteiger partial charge in [0.15, 0.2) is 0 Å². The van der Waals surface area contributed by atoms with Crippen molar-refractivity contribution in [2.75, 3.05) is 12.5 Å². The average Bonchev–Trinajstić information content (AvgIpc) is 2.07. The summed E-state index contributed by atoms with van der Waals surface area (Å²) in [6, 6.07) is 10.2. The second-order valence-corrected chi connectivity index (χ2v) is 2.98. The fraction of sp³-hybridized carbons (Fsp3) is 0.222. The molecule has 0 aliphatic rings. The standard InChI is InChI=1S/C9H11OS/c1-2-10-8-11-9-6-4-3-5-7-9/h3-7H,1-2,8H2. The zero-order valence-electron chi connectivity index (χ0n) is 6.32. The zero-order valence-corrected chi connectivity index (χ0v) is 7.14. The third-order valence-corrected chi connectivity index (χ3v) is 2.09. The van der Waals surface area contributed by atoms with Crippen LogP contribution in [0, 0.1) is 6.92 Å². The van der Waals surface area contributed by atoms with E-state index in [4.69, 9.17) is 4.74 Å². The van der Waals surface area contributed by atoms with E-state index in [0.717, 1.165) is 0 Å². The molecule has 0 aliphatic carbocycles. The highest BCUT2D eigenvalue weighted by molar-refractivity contribution is 7.99. The van der Waals surface area contributed by atoms with E-state index >= 15 is 0 Å². The van der Waals surface area contributed by atoms with E-state index in [0.29, 0.717) is 12.5 Å². The van der Waals surface area contributed by atoms with Crippen LogP contribution < -0.4 is 0 Å². The molecule has 1 aromatic carbocycles. The lowest BCUT2D eigenvalue weighted by atomic mass is 10.4. The molecule has 1 aromatic rings. The molecule has 0 atom stereocenters. The Morgan fingerprint density at radius 1 is 1.27 bits per heavy atom. The molecule has 0 saturated heterocycles.